The Morgan fingerprint density at radius 2 is 1.95 bits per heavy atom. The summed E-state index contributed by atoms with van der Waals surface area (Å²) < 4.78 is 25.7. The third-order valence-electron chi connectivity index (χ3n) is 3.12. The Balaban J connectivity index is 2.38. The summed E-state index contributed by atoms with van der Waals surface area (Å²) in [6, 6.07) is 3.59. The number of nitrogens with one attached hydrogen (secondary N) is 1. The van der Waals surface area contributed by atoms with Crippen molar-refractivity contribution in [3.05, 3.63) is 35.4 Å². The lowest BCUT2D eigenvalue weighted by Crippen LogP contribution is -2.39. The molecule has 20 heavy (non-hydrogen) atoms. The lowest BCUT2D eigenvalue weighted by molar-refractivity contribution is -0.121. The van der Waals surface area contributed by atoms with Crippen LogP contribution in [0.2, 0.25) is 0 Å². The van der Waals surface area contributed by atoms with Gasteiger partial charge in [-0.05, 0) is 29.5 Å². The van der Waals surface area contributed by atoms with Crippen LogP contribution in [0.3, 0.4) is 0 Å². The molecule has 112 valence electrons. The van der Waals surface area contributed by atoms with Gasteiger partial charge in [0.1, 0.15) is 0 Å². The molecule has 0 bridgehead atoms. The summed E-state index contributed by atoms with van der Waals surface area (Å²) in [5, 5.41) is 12.4. The van der Waals surface area contributed by atoms with Gasteiger partial charge in [-0.15, -0.1) is 0 Å². The van der Waals surface area contributed by atoms with E-state index in [-0.39, 0.29) is 24.3 Å². The fourth-order valence-electron chi connectivity index (χ4n) is 1.56. The second kappa shape index (κ2) is 6.79. The Hall–Kier alpha value is -1.49. The Morgan fingerprint density at radius 1 is 1.30 bits per heavy atom. The number of aryl methyl sites for hydroxylation is 1. The fourth-order valence-corrected chi connectivity index (χ4v) is 1.56. The van der Waals surface area contributed by atoms with Gasteiger partial charge >= 0.3 is 0 Å². The molecule has 0 radical (unpaired) electrons. The SMILES string of the molecule is CC(C)(C)C(O)CNC(=O)CCc1ccc(F)c(F)c1. The maximum absolute atomic E-state index is 13.0. The molecule has 1 aromatic carbocycles. The topological polar surface area (TPSA) is 49.3 Å². The van der Waals surface area contributed by atoms with Crippen molar-refractivity contribution in [3.63, 3.8) is 0 Å². The van der Waals surface area contributed by atoms with Crippen LogP contribution in [0.15, 0.2) is 18.2 Å². The van der Waals surface area contributed by atoms with E-state index < -0.39 is 17.7 Å². The van der Waals surface area contributed by atoms with Gasteiger partial charge in [0, 0.05) is 13.0 Å². The molecule has 1 rings (SSSR count). The van der Waals surface area contributed by atoms with Crippen molar-refractivity contribution < 1.29 is 18.7 Å². The summed E-state index contributed by atoms with van der Waals surface area (Å²) in [4.78, 5) is 11.6. The lowest BCUT2D eigenvalue weighted by Gasteiger charge is -2.25. The van der Waals surface area contributed by atoms with E-state index in [4.69, 9.17) is 0 Å². The first-order valence-electron chi connectivity index (χ1n) is 6.59. The van der Waals surface area contributed by atoms with Gasteiger partial charge in [-0.1, -0.05) is 26.8 Å². The minimum absolute atomic E-state index is 0.169. The Bertz CT molecular complexity index is 469. The van der Waals surface area contributed by atoms with Gasteiger partial charge < -0.3 is 10.4 Å². The van der Waals surface area contributed by atoms with Crippen LogP contribution < -0.4 is 5.32 Å². The number of amides is 1. The second-order valence-electron chi connectivity index (χ2n) is 5.93. The van der Waals surface area contributed by atoms with Crippen LogP contribution in [0.1, 0.15) is 32.8 Å². The molecular formula is C15H21F2NO2. The normalized spacial score (nSPS) is 13.1. The van der Waals surface area contributed by atoms with Crippen molar-refractivity contribution in [2.24, 2.45) is 5.41 Å². The van der Waals surface area contributed by atoms with E-state index in [2.05, 4.69) is 5.32 Å². The number of hydrogen-bond donors (Lipinski definition) is 2. The fraction of sp³-hybridized carbons (Fsp3) is 0.533. The molecule has 0 heterocycles. The van der Waals surface area contributed by atoms with E-state index in [0.29, 0.717) is 12.0 Å². The van der Waals surface area contributed by atoms with Gasteiger partial charge in [-0.25, -0.2) is 8.78 Å². The molecule has 0 saturated heterocycles. The average molecular weight is 285 g/mol. The number of benzene rings is 1. The van der Waals surface area contributed by atoms with Crippen molar-refractivity contribution >= 4 is 5.91 Å². The highest BCUT2D eigenvalue weighted by Crippen LogP contribution is 2.18. The zero-order valence-corrected chi connectivity index (χ0v) is 12.0. The molecule has 0 aliphatic carbocycles. The standard InChI is InChI=1S/C15H21F2NO2/c1-15(2,3)13(19)9-18-14(20)7-5-10-4-6-11(16)12(17)8-10/h4,6,8,13,19H,5,7,9H2,1-3H3,(H,18,20). The highest BCUT2D eigenvalue weighted by atomic mass is 19.2. The third kappa shape index (κ3) is 5.25. The van der Waals surface area contributed by atoms with Gasteiger partial charge in [0.2, 0.25) is 5.91 Å². The minimum atomic E-state index is -0.911. The predicted octanol–water partition coefficient (Wildman–Crippen LogP) is 2.42. The van der Waals surface area contributed by atoms with Crippen LogP contribution in [0, 0.1) is 17.0 Å². The molecule has 1 aromatic rings. The van der Waals surface area contributed by atoms with E-state index >= 15 is 0 Å². The van der Waals surface area contributed by atoms with E-state index in [9.17, 15) is 18.7 Å². The van der Waals surface area contributed by atoms with E-state index in [1.54, 1.807) is 0 Å². The number of rotatable bonds is 5. The quantitative estimate of drug-likeness (QED) is 0.873. The van der Waals surface area contributed by atoms with Crippen molar-refractivity contribution in [3.8, 4) is 0 Å². The summed E-state index contributed by atoms with van der Waals surface area (Å²) in [6.45, 7) is 5.82. The number of hydrogen-bond acceptors (Lipinski definition) is 2. The molecular weight excluding hydrogens is 264 g/mol. The minimum Gasteiger partial charge on any atom is -0.391 e. The molecule has 0 aliphatic rings. The molecule has 1 atom stereocenters. The molecule has 1 amide bonds. The van der Waals surface area contributed by atoms with Crippen molar-refractivity contribution in [2.75, 3.05) is 6.54 Å². The van der Waals surface area contributed by atoms with Crippen LogP contribution in [0.5, 0.6) is 0 Å². The molecule has 3 nitrogen and oxygen atoms in total. The van der Waals surface area contributed by atoms with Crippen molar-refractivity contribution in [1.82, 2.24) is 5.32 Å². The summed E-state index contributed by atoms with van der Waals surface area (Å²) >= 11 is 0. The third-order valence-corrected chi connectivity index (χ3v) is 3.12. The average Bonchev–Trinajstić information content (AvgIpc) is 2.36. The first kappa shape index (κ1) is 16.6. The number of aliphatic hydroxyl groups excluding tert-OH is 1. The monoisotopic (exact) mass is 285 g/mol. The van der Waals surface area contributed by atoms with Crippen molar-refractivity contribution in [2.45, 2.75) is 39.7 Å². The molecule has 2 N–H and O–H groups in total. The largest absolute Gasteiger partial charge is 0.391 e. The molecule has 5 heteroatoms. The highest BCUT2D eigenvalue weighted by Gasteiger charge is 2.22. The first-order valence-corrected chi connectivity index (χ1v) is 6.59. The lowest BCUT2D eigenvalue weighted by atomic mass is 9.89. The second-order valence-corrected chi connectivity index (χ2v) is 5.93. The smallest absolute Gasteiger partial charge is 0.220 e. The van der Waals surface area contributed by atoms with Gasteiger partial charge in [-0.2, -0.15) is 0 Å². The van der Waals surface area contributed by atoms with Crippen LogP contribution in [-0.2, 0) is 11.2 Å². The molecule has 1 unspecified atom stereocenters. The molecule has 0 saturated carbocycles. The van der Waals surface area contributed by atoms with Crippen LogP contribution in [-0.4, -0.2) is 23.7 Å². The van der Waals surface area contributed by atoms with E-state index in [1.807, 2.05) is 20.8 Å². The number of carbonyl (C=O) groups excluding carboxylic acids is 1. The van der Waals surface area contributed by atoms with Gasteiger partial charge in [0.15, 0.2) is 11.6 Å². The van der Waals surface area contributed by atoms with Gasteiger partial charge in [0.05, 0.1) is 6.10 Å². The molecule has 0 aromatic heterocycles. The van der Waals surface area contributed by atoms with E-state index in [1.165, 1.54) is 6.07 Å². The first-order chi connectivity index (χ1) is 9.20. The van der Waals surface area contributed by atoms with Crippen LogP contribution in [0.25, 0.3) is 0 Å². The maximum atomic E-state index is 13.0. The van der Waals surface area contributed by atoms with E-state index in [0.717, 1.165) is 12.1 Å². The maximum Gasteiger partial charge on any atom is 0.220 e. The van der Waals surface area contributed by atoms with Crippen molar-refractivity contribution in [1.29, 1.82) is 0 Å². The van der Waals surface area contributed by atoms with Crippen LogP contribution in [0.4, 0.5) is 8.78 Å². The summed E-state index contributed by atoms with van der Waals surface area (Å²) in [5.41, 5.74) is 0.267. The predicted molar refractivity (Wildman–Crippen MR) is 73.2 cm³/mol. The number of carbonyl (C=O) groups is 1. The van der Waals surface area contributed by atoms with Gasteiger partial charge in [-0.3, -0.25) is 4.79 Å². The summed E-state index contributed by atoms with van der Waals surface area (Å²) in [7, 11) is 0. The highest BCUT2D eigenvalue weighted by molar-refractivity contribution is 5.76. The number of halogens is 2. The summed E-state index contributed by atoms with van der Waals surface area (Å²) in [5.74, 6) is -2.03. The zero-order chi connectivity index (χ0) is 15.3. The zero-order valence-electron chi connectivity index (χ0n) is 12.0. The molecule has 0 spiro atoms. The Kier molecular flexibility index (Phi) is 5.62. The molecule has 0 fully saturated rings. The number of aliphatic hydroxyl groups is 1. The molecule has 0 aliphatic heterocycles. The van der Waals surface area contributed by atoms with Gasteiger partial charge in [0.25, 0.3) is 0 Å². The Morgan fingerprint density at radius 3 is 2.50 bits per heavy atom. The summed E-state index contributed by atoms with van der Waals surface area (Å²) in [6.07, 6.45) is -0.133. The Labute approximate surface area is 118 Å². The van der Waals surface area contributed by atoms with Crippen LogP contribution >= 0.6 is 0 Å².